The van der Waals surface area contributed by atoms with Crippen LogP contribution in [0.2, 0.25) is 0 Å². The molecule has 3 aromatic carbocycles. The van der Waals surface area contributed by atoms with E-state index in [2.05, 4.69) is 43.3 Å². The summed E-state index contributed by atoms with van der Waals surface area (Å²) in [6.45, 7) is 4.65. The Morgan fingerprint density at radius 1 is 0.854 bits per heavy atom. The number of carbonyl (C=O) groups excluding carboxylic acids is 1. The van der Waals surface area contributed by atoms with Crippen molar-refractivity contribution in [3.8, 4) is 28.4 Å². The smallest absolute Gasteiger partial charge is 0.308 e. The van der Waals surface area contributed by atoms with E-state index >= 15 is 0 Å². The Morgan fingerprint density at radius 2 is 1.56 bits per heavy atom. The molecular weight excluding hydrogens is 516 g/mol. The number of rotatable bonds is 11. The summed E-state index contributed by atoms with van der Waals surface area (Å²) in [5.74, 6) is 4.28. The van der Waals surface area contributed by atoms with E-state index in [-0.39, 0.29) is 18.2 Å². The van der Waals surface area contributed by atoms with E-state index in [1.165, 1.54) is 51.0 Å². The summed E-state index contributed by atoms with van der Waals surface area (Å²) in [4.78, 5) is 12.1. The molecule has 0 atom stereocenters. The Kier molecular flexibility index (Phi) is 7.97. The van der Waals surface area contributed by atoms with Crippen LogP contribution in [0, 0.1) is 17.8 Å². The first-order valence-corrected chi connectivity index (χ1v) is 15.1. The molecule has 6 heteroatoms. The molecule has 6 nitrogen and oxygen atoms in total. The summed E-state index contributed by atoms with van der Waals surface area (Å²) in [5.41, 5.74) is 4.71. The highest BCUT2D eigenvalue weighted by Crippen LogP contribution is 2.61. The molecule has 41 heavy (non-hydrogen) atoms. The second kappa shape index (κ2) is 11.7. The van der Waals surface area contributed by atoms with Crippen molar-refractivity contribution in [1.82, 2.24) is 0 Å². The monoisotopic (exact) mass is 558 g/mol. The van der Waals surface area contributed by atoms with Gasteiger partial charge in [0, 0.05) is 30.4 Å². The first-order valence-electron chi connectivity index (χ1n) is 15.1. The second-order valence-corrected chi connectivity index (χ2v) is 12.4. The first kappa shape index (κ1) is 28.0. The summed E-state index contributed by atoms with van der Waals surface area (Å²) in [5, 5.41) is 1.77. The normalized spacial score (nSPS) is 24.5. The van der Waals surface area contributed by atoms with Gasteiger partial charge in [-0.3, -0.25) is 4.79 Å². The van der Waals surface area contributed by atoms with Crippen LogP contribution in [0.25, 0.3) is 21.9 Å². The van der Waals surface area contributed by atoms with Crippen LogP contribution < -0.4 is 14.2 Å². The molecular formula is C35H42O6. The standard InChI is InChI=1S/C35H42O6/c1-5-23-13-30-31(34(14-23)41-22(2)36)15-27(16-33(30)38-4)29-17-28(6-7-32(29)40-21-39-9-8-37-3)35-18-24-10-25(19-35)12-26(11-24)20-35/h6-7,13-17,24-26H,5,8-12,18-21H2,1-4H3. The molecule has 4 bridgehead atoms. The first-order chi connectivity index (χ1) is 19.9. The highest BCUT2D eigenvalue weighted by Gasteiger charge is 2.51. The van der Waals surface area contributed by atoms with Gasteiger partial charge in [-0.05, 0) is 121 Å². The van der Waals surface area contributed by atoms with Crippen LogP contribution in [-0.2, 0) is 26.1 Å². The van der Waals surface area contributed by atoms with Gasteiger partial charge in [-0.25, -0.2) is 0 Å². The van der Waals surface area contributed by atoms with Crippen molar-refractivity contribution < 1.29 is 28.5 Å². The maximum absolute atomic E-state index is 12.1. The van der Waals surface area contributed by atoms with Crippen LogP contribution in [-0.4, -0.2) is 40.2 Å². The number of carbonyl (C=O) groups is 1. The van der Waals surface area contributed by atoms with E-state index in [9.17, 15) is 4.79 Å². The number of hydrogen-bond donors (Lipinski definition) is 0. The van der Waals surface area contributed by atoms with Crippen LogP contribution >= 0.6 is 0 Å². The van der Waals surface area contributed by atoms with E-state index in [4.69, 9.17) is 23.7 Å². The van der Waals surface area contributed by atoms with E-state index in [0.717, 1.165) is 63.1 Å². The van der Waals surface area contributed by atoms with Crippen LogP contribution in [0.15, 0.2) is 42.5 Å². The molecule has 0 radical (unpaired) electrons. The van der Waals surface area contributed by atoms with Gasteiger partial charge in [-0.2, -0.15) is 0 Å². The Hall–Kier alpha value is -3.09. The molecule has 0 amide bonds. The average Bonchev–Trinajstić information content (AvgIpc) is 2.95. The third-order valence-electron chi connectivity index (χ3n) is 9.61. The summed E-state index contributed by atoms with van der Waals surface area (Å²) in [6, 6.07) is 15.0. The van der Waals surface area contributed by atoms with E-state index in [1.54, 1.807) is 14.2 Å². The van der Waals surface area contributed by atoms with Crippen LogP contribution in [0.3, 0.4) is 0 Å². The molecule has 0 saturated heterocycles. The zero-order valence-corrected chi connectivity index (χ0v) is 24.8. The SMILES string of the molecule is CCc1cc(OC(C)=O)c2cc(-c3cc(C45CC6CC(CC(C6)C4)C5)ccc3OCOCCOC)cc(OC)c2c1. The van der Waals surface area contributed by atoms with Crippen molar-refractivity contribution in [1.29, 1.82) is 0 Å². The van der Waals surface area contributed by atoms with Crippen molar-refractivity contribution >= 4 is 16.7 Å². The minimum atomic E-state index is -0.343. The fourth-order valence-electron chi connectivity index (χ4n) is 8.20. The molecule has 7 rings (SSSR count). The Bertz CT molecular complexity index is 1390. The highest BCUT2D eigenvalue weighted by molar-refractivity contribution is 5.99. The van der Waals surface area contributed by atoms with Crippen LogP contribution in [0.4, 0.5) is 0 Å². The van der Waals surface area contributed by atoms with Gasteiger partial charge < -0.3 is 23.7 Å². The predicted octanol–water partition coefficient (Wildman–Crippen LogP) is 7.47. The largest absolute Gasteiger partial charge is 0.496 e. The quantitative estimate of drug-likeness (QED) is 0.105. The second-order valence-electron chi connectivity index (χ2n) is 12.4. The molecule has 0 aliphatic heterocycles. The fraction of sp³-hybridized carbons (Fsp3) is 0.514. The molecule has 0 unspecified atom stereocenters. The number of esters is 1. The number of benzene rings is 3. The Labute approximate surface area is 243 Å². The molecule has 218 valence electrons. The maximum atomic E-state index is 12.1. The lowest BCUT2D eigenvalue weighted by Crippen LogP contribution is -2.48. The van der Waals surface area contributed by atoms with Crippen molar-refractivity contribution in [3.63, 3.8) is 0 Å². The zero-order chi connectivity index (χ0) is 28.6. The topological polar surface area (TPSA) is 63.2 Å². The molecule has 4 saturated carbocycles. The van der Waals surface area contributed by atoms with Crippen LogP contribution in [0.5, 0.6) is 17.2 Å². The third-order valence-corrected chi connectivity index (χ3v) is 9.61. The Balaban J connectivity index is 1.46. The molecule has 3 aromatic rings. The highest BCUT2D eigenvalue weighted by atomic mass is 16.7. The number of aryl methyl sites for hydroxylation is 1. The molecule has 0 heterocycles. The van der Waals surface area contributed by atoms with Gasteiger partial charge in [0.05, 0.1) is 20.3 Å². The fourth-order valence-corrected chi connectivity index (χ4v) is 8.20. The van der Waals surface area contributed by atoms with Crippen molar-refractivity contribution in [2.45, 2.75) is 64.2 Å². The molecule has 4 aliphatic carbocycles. The maximum Gasteiger partial charge on any atom is 0.308 e. The number of ether oxygens (including phenoxy) is 5. The molecule has 0 aromatic heterocycles. The van der Waals surface area contributed by atoms with Crippen molar-refractivity contribution in [3.05, 3.63) is 53.6 Å². The molecule has 4 fully saturated rings. The summed E-state index contributed by atoms with van der Waals surface area (Å²) in [7, 11) is 3.35. The van der Waals surface area contributed by atoms with E-state index in [0.29, 0.717) is 19.0 Å². The third kappa shape index (κ3) is 5.56. The molecule has 4 aliphatic rings. The van der Waals surface area contributed by atoms with Crippen molar-refractivity contribution in [2.24, 2.45) is 17.8 Å². The van der Waals surface area contributed by atoms with Crippen LogP contribution in [0.1, 0.15) is 63.5 Å². The lowest BCUT2D eigenvalue weighted by atomic mass is 9.48. The number of methoxy groups -OCH3 is 2. The van der Waals surface area contributed by atoms with Gasteiger partial charge >= 0.3 is 5.97 Å². The number of fused-ring (bicyclic) bond motifs is 1. The lowest BCUT2D eigenvalue weighted by Gasteiger charge is -2.57. The van der Waals surface area contributed by atoms with Gasteiger partial charge in [0.2, 0.25) is 0 Å². The predicted molar refractivity (Wildman–Crippen MR) is 160 cm³/mol. The summed E-state index contributed by atoms with van der Waals surface area (Å²) in [6.07, 6.45) is 8.91. The minimum Gasteiger partial charge on any atom is -0.496 e. The van der Waals surface area contributed by atoms with E-state index < -0.39 is 0 Å². The Morgan fingerprint density at radius 3 is 2.20 bits per heavy atom. The average molecular weight is 559 g/mol. The van der Waals surface area contributed by atoms with Gasteiger partial charge in [0.15, 0.2) is 6.79 Å². The number of hydrogen-bond acceptors (Lipinski definition) is 6. The van der Waals surface area contributed by atoms with Gasteiger partial charge in [-0.15, -0.1) is 0 Å². The minimum absolute atomic E-state index is 0.135. The molecule has 0 spiro atoms. The van der Waals surface area contributed by atoms with E-state index in [1.807, 2.05) is 6.07 Å². The zero-order valence-electron chi connectivity index (χ0n) is 24.8. The summed E-state index contributed by atoms with van der Waals surface area (Å²) >= 11 is 0. The molecule has 0 N–H and O–H groups in total. The van der Waals surface area contributed by atoms with Gasteiger partial charge in [-0.1, -0.05) is 13.0 Å². The van der Waals surface area contributed by atoms with Crippen molar-refractivity contribution in [2.75, 3.05) is 34.2 Å². The van der Waals surface area contributed by atoms with Gasteiger partial charge in [0.25, 0.3) is 0 Å². The van der Waals surface area contributed by atoms with Gasteiger partial charge in [0.1, 0.15) is 17.2 Å². The lowest BCUT2D eigenvalue weighted by molar-refractivity contribution is -0.131. The summed E-state index contributed by atoms with van der Waals surface area (Å²) < 4.78 is 28.7.